The van der Waals surface area contributed by atoms with E-state index in [4.69, 9.17) is 4.74 Å². The Bertz CT molecular complexity index is 548. The van der Waals surface area contributed by atoms with Crippen molar-refractivity contribution in [2.24, 2.45) is 0 Å². The fourth-order valence-corrected chi connectivity index (χ4v) is 2.66. The zero-order valence-electron chi connectivity index (χ0n) is 12.0. The Labute approximate surface area is 118 Å². The minimum Gasteiger partial charge on any atom is -0.377 e. The number of aromatic amines is 1. The number of nitrogens with zero attached hydrogens (tertiary/aromatic N) is 4. The van der Waals surface area contributed by atoms with Crippen LogP contribution in [0.2, 0.25) is 0 Å². The summed E-state index contributed by atoms with van der Waals surface area (Å²) < 4.78 is 7.86. The molecular formula is C14H21N5O. The maximum atomic E-state index is 5.70. The van der Waals surface area contributed by atoms with Crippen LogP contribution in [0.3, 0.4) is 0 Å². The number of H-pyrrole nitrogens is 1. The lowest BCUT2D eigenvalue weighted by Crippen LogP contribution is -2.32. The summed E-state index contributed by atoms with van der Waals surface area (Å²) in [6.07, 6.45) is 3.16. The monoisotopic (exact) mass is 275 g/mol. The Morgan fingerprint density at radius 2 is 2.35 bits per heavy atom. The molecule has 1 atom stereocenters. The first kappa shape index (κ1) is 13.2. The molecular weight excluding hydrogens is 254 g/mol. The van der Waals surface area contributed by atoms with E-state index >= 15 is 0 Å². The highest BCUT2D eigenvalue weighted by Crippen LogP contribution is 2.22. The molecule has 2 aromatic heterocycles. The smallest absolute Gasteiger partial charge is 0.227 e. The van der Waals surface area contributed by atoms with Gasteiger partial charge in [0.1, 0.15) is 0 Å². The molecule has 0 bridgehead atoms. The zero-order valence-corrected chi connectivity index (χ0v) is 12.0. The van der Waals surface area contributed by atoms with Crippen molar-refractivity contribution in [2.45, 2.75) is 32.9 Å². The SMILES string of the molecule is CCn1c(-c2ccc[nH]2)nnc1N1CCCOC(C)C1. The van der Waals surface area contributed by atoms with Crippen molar-refractivity contribution in [1.82, 2.24) is 19.7 Å². The van der Waals surface area contributed by atoms with Crippen molar-refractivity contribution in [3.8, 4) is 11.5 Å². The van der Waals surface area contributed by atoms with E-state index in [2.05, 4.69) is 38.5 Å². The number of anilines is 1. The quantitative estimate of drug-likeness (QED) is 0.929. The molecule has 6 heteroatoms. The maximum absolute atomic E-state index is 5.70. The van der Waals surface area contributed by atoms with Gasteiger partial charge in [0.2, 0.25) is 5.95 Å². The van der Waals surface area contributed by atoms with Gasteiger partial charge in [-0.05, 0) is 32.4 Å². The predicted octanol–water partition coefficient (Wildman–Crippen LogP) is 1.91. The molecule has 6 nitrogen and oxygen atoms in total. The van der Waals surface area contributed by atoms with Crippen LogP contribution in [0.1, 0.15) is 20.3 Å². The lowest BCUT2D eigenvalue weighted by atomic mass is 10.3. The highest BCUT2D eigenvalue weighted by atomic mass is 16.5. The molecule has 1 unspecified atom stereocenters. The third-order valence-electron chi connectivity index (χ3n) is 3.62. The molecule has 0 spiro atoms. The molecule has 1 fully saturated rings. The zero-order chi connectivity index (χ0) is 13.9. The summed E-state index contributed by atoms with van der Waals surface area (Å²) in [6.45, 7) is 7.73. The molecule has 3 rings (SSSR count). The highest BCUT2D eigenvalue weighted by molar-refractivity contribution is 5.53. The van der Waals surface area contributed by atoms with Crippen molar-refractivity contribution in [3.05, 3.63) is 18.3 Å². The molecule has 1 N–H and O–H groups in total. The number of nitrogens with one attached hydrogen (secondary N) is 1. The summed E-state index contributed by atoms with van der Waals surface area (Å²) >= 11 is 0. The van der Waals surface area contributed by atoms with Crippen LogP contribution in [0, 0.1) is 0 Å². The van der Waals surface area contributed by atoms with Crippen LogP contribution in [-0.4, -0.2) is 45.5 Å². The van der Waals surface area contributed by atoms with Gasteiger partial charge in [-0.2, -0.15) is 0 Å². The minimum atomic E-state index is 0.230. The second-order valence-corrected chi connectivity index (χ2v) is 5.13. The fraction of sp³-hybridized carbons (Fsp3) is 0.571. The van der Waals surface area contributed by atoms with Crippen molar-refractivity contribution < 1.29 is 4.74 Å². The first-order valence-corrected chi connectivity index (χ1v) is 7.23. The van der Waals surface area contributed by atoms with Crippen molar-refractivity contribution >= 4 is 5.95 Å². The average Bonchev–Trinajstić information content (AvgIpc) is 3.05. The second-order valence-electron chi connectivity index (χ2n) is 5.13. The van der Waals surface area contributed by atoms with E-state index in [1.54, 1.807) is 0 Å². The van der Waals surface area contributed by atoms with Crippen LogP contribution in [-0.2, 0) is 11.3 Å². The molecule has 2 aromatic rings. The third kappa shape index (κ3) is 2.43. The standard InChI is InChI=1S/C14H21N5O/c1-3-19-13(12-6-4-7-15-12)16-17-14(19)18-8-5-9-20-11(2)10-18/h4,6-7,11,15H,3,5,8-10H2,1-2H3. The van der Waals surface area contributed by atoms with Gasteiger partial charge >= 0.3 is 0 Å². The largest absolute Gasteiger partial charge is 0.377 e. The Hall–Kier alpha value is -1.82. The molecule has 0 saturated carbocycles. The normalized spacial score (nSPS) is 20.1. The summed E-state index contributed by atoms with van der Waals surface area (Å²) in [5.41, 5.74) is 1.00. The lowest BCUT2D eigenvalue weighted by molar-refractivity contribution is 0.0819. The molecule has 0 radical (unpaired) electrons. The van der Waals surface area contributed by atoms with Gasteiger partial charge in [0.05, 0.1) is 11.8 Å². The Morgan fingerprint density at radius 1 is 1.45 bits per heavy atom. The molecule has 1 aliphatic heterocycles. The van der Waals surface area contributed by atoms with Crippen molar-refractivity contribution in [3.63, 3.8) is 0 Å². The fourth-order valence-electron chi connectivity index (χ4n) is 2.66. The number of hydrogen-bond acceptors (Lipinski definition) is 4. The second kappa shape index (κ2) is 5.66. The van der Waals surface area contributed by atoms with Crippen molar-refractivity contribution in [1.29, 1.82) is 0 Å². The molecule has 0 amide bonds. The summed E-state index contributed by atoms with van der Waals surface area (Å²) in [4.78, 5) is 5.48. The van der Waals surface area contributed by atoms with Gasteiger partial charge in [-0.3, -0.25) is 4.57 Å². The van der Waals surface area contributed by atoms with Crippen LogP contribution in [0.4, 0.5) is 5.95 Å². The van der Waals surface area contributed by atoms with Gasteiger partial charge in [0.15, 0.2) is 5.82 Å². The minimum absolute atomic E-state index is 0.230. The van der Waals surface area contributed by atoms with Crippen LogP contribution in [0.15, 0.2) is 18.3 Å². The van der Waals surface area contributed by atoms with Gasteiger partial charge in [0.25, 0.3) is 0 Å². The third-order valence-corrected chi connectivity index (χ3v) is 3.62. The van der Waals surface area contributed by atoms with E-state index in [0.717, 1.165) is 50.1 Å². The first-order valence-electron chi connectivity index (χ1n) is 7.23. The van der Waals surface area contributed by atoms with Gasteiger partial charge in [-0.25, -0.2) is 0 Å². The first-order chi connectivity index (χ1) is 9.79. The predicted molar refractivity (Wildman–Crippen MR) is 77.7 cm³/mol. The average molecular weight is 275 g/mol. The van der Waals surface area contributed by atoms with Gasteiger partial charge in [0, 0.05) is 32.4 Å². The molecule has 20 heavy (non-hydrogen) atoms. The number of rotatable bonds is 3. The Kier molecular flexibility index (Phi) is 3.73. The van der Waals surface area contributed by atoms with Crippen molar-refractivity contribution in [2.75, 3.05) is 24.6 Å². The summed E-state index contributed by atoms with van der Waals surface area (Å²) in [5, 5.41) is 8.77. The maximum Gasteiger partial charge on any atom is 0.227 e. The van der Waals surface area contributed by atoms with E-state index in [9.17, 15) is 0 Å². The van der Waals surface area contributed by atoms with E-state index < -0.39 is 0 Å². The molecule has 108 valence electrons. The number of hydrogen-bond donors (Lipinski definition) is 1. The van der Waals surface area contributed by atoms with E-state index in [1.807, 2.05) is 18.3 Å². The Balaban J connectivity index is 1.93. The van der Waals surface area contributed by atoms with Crippen LogP contribution >= 0.6 is 0 Å². The molecule has 1 saturated heterocycles. The number of ether oxygens (including phenoxy) is 1. The van der Waals surface area contributed by atoms with Gasteiger partial charge in [-0.1, -0.05) is 0 Å². The lowest BCUT2D eigenvalue weighted by Gasteiger charge is -2.23. The van der Waals surface area contributed by atoms with E-state index in [1.165, 1.54) is 0 Å². The summed E-state index contributed by atoms with van der Waals surface area (Å²) in [7, 11) is 0. The summed E-state index contributed by atoms with van der Waals surface area (Å²) in [5.74, 6) is 1.83. The molecule has 1 aliphatic rings. The van der Waals surface area contributed by atoms with Crippen LogP contribution < -0.4 is 4.90 Å². The topological polar surface area (TPSA) is 59.0 Å². The van der Waals surface area contributed by atoms with E-state index in [-0.39, 0.29) is 6.10 Å². The molecule has 0 aromatic carbocycles. The van der Waals surface area contributed by atoms with E-state index in [0.29, 0.717) is 0 Å². The van der Waals surface area contributed by atoms with Crippen LogP contribution in [0.25, 0.3) is 11.5 Å². The van der Waals surface area contributed by atoms with Gasteiger partial charge in [-0.15, -0.1) is 10.2 Å². The highest BCUT2D eigenvalue weighted by Gasteiger charge is 2.22. The summed E-state index contributed by atoms with van der Waals surface area (Å²) in [6, 6.07) is 4.00. The Morgan fingerprint density at radius 3 is 3.10 bits per heavy atom. The molecule has 0 aliphatic carbocycles. The van der Waals surface area contributed by atoms with Crippen LogP contribution in [0.5, 0.6) is 0 Å². The van der Waals surface area contributed by atoms with Gasteiger partial charge < -0.3 is 14.6 Å². The molecule has 3 heterocycles. The number of aromatic nitrogens is 4.